The Morgan fingerprint density at radius 3 is 2.35 bits per heavy atom. The number of Topliss-reactive ketones (excluding diaryl/α,β-unsaturated/α-hetero) is 1. The van der Waals surface area contributed by atoms with Crippen molar-refractivity contribution in [1.29, 1.82) is 0 Å². The standard InChI is InChI=1S/C18H15NO7/c20-15(13-4-7-16-17(10-13)25-9-1-8-24-16)11-26-18(21)12-2-5-14(6-3-12)19(22)23/h2-7,10H,1,8-9,11H2. The Bertz CT molecular complexity index is 845. The van der Waals surface area contributed by atoms with E-state index in [0.717, 1.165) is 6.42 Å². The molecule has 1 heterocycles. The lowest BCUT2D eigenvalue weighted by Gasteiger charge is -2.09. The van der Waals surface area contributed by atoms with Crippen LogP contribution < -0.4 is 9.47 Å². The number of esters is 1. The van der Waals surface area contributed by atoms with Gasteiger partial charge < -0.3 is 14.2 Å². The van der Waals surface area contributed by atoms with Crippen molar-refractivity contribution >= 4 is 17.4 Å². The van der Waals surface area contributed by atoms with Crippen molar-refractivity contribution in [3.63, 3.8) is 0 Å². The SMILES string of the molecule is O=C(COC(=O)c1ccc([N+](=O)[O-])cc1)c1ccc2c(c1)OCCCO2. The molecule has 0 unspecified atom stereocenters. The predicted octanol–water partition coefficient (Wildman–Crippen LogP) is 2.80. The molecule has 8 nitrogen and oxygen atoms in total. The zero-order chi connectivity index (χ0) is 18.5. The van der Waals surface area contributed by atoms with Gasteiger partial charge in [-0.25, -0.2) is 4.79 Å². The molecular weight excluding hydrogens is 342 g/mol. The van der Waals surface area contributed by atoms with Gasteiger partial charge in [0.25, 0.3) is 5.69 Å². The lowest BCUT2D eigenvalue weighted by Crippen LogP contribution is -2.14. The summed E-state index contributed by atoms with van der Waals surface area (Å²) >= 11 is 0. The van der Waals surface area contributed by atoms with Gasteiger partial charge in [-0.2, -0.15) is 0 Å². The van der Waals surface area contributed by atoms with Crippen LogP contribution in [0.2, 0.25) is 0 Å². The summed E-state index contributed by atoms with van der Waals surface area (Å²) in [6, 6.07) is 9.73. The van der Waals surface area contributed by atoms with Crippen LogP contribution in [0.3, 0.4) is 0 Å². The van der Waals surface area contributed by atoms with Gasteiger partial charge in [-0.3, -0.25) is 14.9 Å². The molecule has 0 fully saturated rings. The second kappa shape index (κ2) is 7.64. The number of carbonyl (C=O) groups excluding carboxylic acids is 2. The first-order valence-corrected chi connectivity index (χ1v) is 7.89. The number of nitrogens with zero attached hydrogens (tertiary/aromatic N) is 1. The Labute approximate surface area is 148 Å². The Hall–Kier alpha value is -3.42. The normalized spacial score (nSPS) is 12.8. The molecule has 2 aromatic rings. The van der Waals surface area contributed by atoms with Gasteiger partial charge in [-0.05, 0) is 30.3 Å². The quantitative estimate of drug-likeness (QED) is 0.351. The van der Waals surface area contributed by atoms with E-state index in [2.05, 4.69) is 0 Å². The van der Waals surface area contributed by atoms with Crippen molar-refractivity contribution in [2.45, 2.75) is 6.42 Å². The molecule has 0 aliphatic carbocycles. The average molecular weight is 357 g/mol. The highest BCUT2D eigenvalue weighted by Crippen LogP contribution is 2.30. The van der Waals surface area contributed by atoms with Gasteiger partial charge in [0.1, 0.15) is 0 Å². The molecule has 0 amide bonds. The largest absolute Gasteiger partial charge is 0.490 e. The number of fused-ring (bicyclic) bond motifs is 1. The Morgan fingerprint density at radius 2 is 1.65 bits per heavy atom. The van der Waals surface area contributed by atoms with Gasteiger partial charge >= 0.3 is 5.97 Å². The molecule has 3 rings (SSSR count). The van der Waals surface area contributed by atoms with Crippen molar-refractivity contribution in [3.05, 3.63) is 63.7 Å². The molecule has 0 radical (unpaired) electrons. The van der Waals surface area contributed by atoms with E-state index in [1.54, 1.807) is 18.2 Å². The summed E-state index contributed by atoms with van der Waals surface area (Å²) in [5, 5.41) is 10.6. The van der Waals surface area contributed by atoms with E-state index in [0.29, 0.717) is 30.3 Å². The highest BCUT2D eigenvalue weighted by atomic mass is 16.6. The fourth-order valence-electron chi connectivity index (χ4n) is 2.35. The van der Waals surface area contributed by atoms with Crippen LogP contribution in [0.15, 0.2) is 42.5 Å². The third-order valence-corrected chi connectivity index (χ3v) is 3.72. The molecule has 0 spiro atoms. The van der Waals surface area contributed by atoms with Gasteiger partial charge in [0.15, 0.2) is 23.9 Å². The first kappa shape index (κ1) is 17.4. The van der Waals surface area contributed by atoms with Crippen LogP contribution in [0.5, 0.6) is 11.5 Å². The lowest BCUT2D eigenvalue weighted by atomic mass is 10.1. The summed E-state index contributed by atoms with van der Waals surface area (Å²) in [7, 11) is 0. The number of nitro benzene ring substituents is 1. The van der Waals surface area contributed by atoms with Crippen LogP contribution >= 0.6 is 0 Å². The number of hydrogen-bond acceptors (Lipinski definition) is 7. The van der Waals surface area contributed by atoms with Crippen LogP contribution in [0.25, 0.3) is 0 Å². The summed E-state index contributed by atoms with van der Waals surface area (Å²) in [4.78, 5) is 34.2. The number of ether oxygens (including phenoxy) is 3. The van der Waals surface area contributed by atoms with E-state index in [9.17, 15) is 19.7 Å². The molecule has 0 atom stereocenters. The molecule has 0 saturated heterocycles. The molecule has 1 aliphatic rings. The van der Waals surface area contributed by atoms with Gasteiger partial charge in [0, 0.05) is 24.1 Å². The number of nitro groups is 1. The molecule has 2 aromatic carbocycles. The zero-order valence-corrected chi connectivity index (χ0v) is 13.7. The molecule has 0 N–H and O–H groups in total. The molecule has 134 valence electrons. The maximum absolute atomic E-state index is 12.2. The summed E-state index contributed by atoms with van der Waals surface area (Å²) in [5.41, 5.74) is 0.331. The lowest BCUT2D eigenvalue weighted by molar-refractivity contribution is -0.384. The number of rotatable bonds is 5. The minimum Gasteiger partial charge on any atom is -0.490 e. The fourth-order valence-corrected chi connectivity index (χ4v) is 2.35. The molecular formula is C18H15NO7. The Kier molecular flexibility index (Phi) is 5.12. The van der Waals surface area contributed by atoms with E-state index >= 15 is 0 Å². The van der Waals surface area contributed by atoms with Gasteiger partial charge in [0.2, 0.25) is 0 Å². The second-order valence-electron chi connectivity index (χ2n) is 5.52. The first-order valence-electron chi connectivity index (χ1n) is 7.89. The number of carbonyl (C=O) groups is 2. The second-order valence-corrected chi connectivity index (χ2v) is 5.52. The minimum absolute atomic E-state index is 0.127. The van der Waals surface area contributed by atoms with Gasteiger partial charge in [0.05, 0.1) is 23.7 Å². The van der Waals surface area contributed by atoms with Crippen molar-refractivity contribution in [2.24, 2.45) is 0 Å². The smallest absolute Gasteiger partial charge is 0.338 e. The first-order chi connectivity index (χ1) is 12.5. The van der Waals surface area contributed by atoms with Crippen molar-refractivity contribution in [1.82, 2.24) is 0 Å². The third kappa shape index (κ3) is 3.97. The maximum atomic E-state index is 12.2. The molecule has 8 heteroatoms. The van der Waals surface area contributed by atoms with Crippen LogP contribution in [0.4, 0.5) is 5.69 Å². The summed E-state index contributed by atoms with van der Waals surface area (Å²) in [6.07, 6.45) is 0.755. The van der Waals surface area contributed by atoms with E-state index in [4.69, 9.17) is 14.2 Å². The van der Waals surface area contributed by atoms with Crippen LogP contribution in [-0.4, -0.2) is 36.5 Å². The summed E-state index contributed by atoms with van der Waals surface area (Å²) in [5.74, 6) is -0.0736. The summed E-state index contributed by atoms with van der Waals surface area (Å²) < 4.78 is 16.0. The van der Waals surface area contributed by atoms with E-state index < -0.39 is 23.3 Å². The fraction of sp³-hybridized carbons (Fsp3) is 0.222. The zero-order valence-electron chi connectivity index (χ0n) is 13.7. The third-order valence-electron chi connectivity index (χ3n) is 3.72. The van der Waals surface area contributed by atoms with Gasteiger partial charge in [-0.1, -0.05) is 0 Å². The van der Waals surface area contributed by atoms with Crippen molar-refractivity contribution in [3.8, 4) is 11.5 Å². The highest BCUT2D eigenvalue weighted by Gasteiger charge is 2.16. The molecule has 0 bridgehead atoms. The molecule has 1 aliphatic heterocycles. The van der Waals surface area contributed by atoms with E-state index in [1.807, 2.05) is 0 Å². The number of non-ortho nitro benzene ring substituents is 1. The number of ketones is 1. The van der Waals surface area contributed by atoms with Crippen LogP contribution in [0.1, 0.15) is 27.1 Å². The Balaban J connectivity index is 1.62. The number of hydrogen-bond donors (Lipinski definition) is 0. The van der Waals surface area contributed by atoms with Crippen molar-refractivity contribution in [2.75, 3.05) is 19.8 Å². The Morgan fingerprint density at radius 1 is 1.00 bits per heavy atom. The minimum atomic E-state index is -0.734. The average Bonchev–Trinajstić information content (AvgIpc) is 2.90. The molecule has 0 aromatic heterocycles. The number of benzene rings is 2. The van der Waals surface area contributed by atoms with Crippen LogP contribution in [0, 0.1) is 10.1 Å². The summed E-state index contributed by atoms with van der Waals surface area (Å²) in [6.45, 7) is 0.600. The maximum Gasteiger partial charge on any atom is 0.338 e. The van der Waals surface area contributed by atoms with Crippen molar-refractivity contribution < 1.29 is 28.7 Å². The monoisotopic (exact) mass is 357 g/mol. The highest BCUT2D eigenvalue weighted by molar-refractivity contribution is 5.99. The molecule has 0 saturated carbocycles. The van der Waals surface area contributed by atoms with Crippen LogP contribution in [-0.2, 0) is 4.74 Å². The van der Waals surface area contributed by atoms with E-state index in [1.165, 1.54) is 24.3 Å². The van der Waals surface area contributed by atoms with E-state index in [-0.39, 0.29) is 11.3 Å². The van der Waals surface area contributed by atoms with Gasteiger partial charge in [-0.15, -0.1) is 0 Å². The topological polar surface area (TPSA) is 105 Å². The predicted molar refractivity (Wildman–Crippen MR) is 89.8 cm³/mol. The molecule has 26 heavy (non-hydrogen) atoms.